The number of carbonyl (C=O) groups is 2. The number of thioether (sulfide) groups is 1. The second-order valence-electron chi connectivity index (χ2n) is 5.57. The van der Waals surface area contributed by atoms with Crippen LogP contribution in [0.3, 0.4) is 0 Å². The summed E-state index contributed by atoms with van der Waals surface area (Å²) in [4.78, 5) is 23.3. The molecule has 0 fully saturated rings. The average Bonchev–Trinajstić information content (AvgIpc) is 2.28. The van der Waals surface area contributed by atoms with Crippen LogP contribution in [0, 0.1) is 5.41 Å². The van der Waals surface area contributed by atoms with Gasteiger partial charge in [0.2, 0.25) is 11.8 Å². The number of aliphatic hydroxyl groups is 1. The first kappa shape index (κ1) is 18.2. The smallest absolute Gasteiger partial charge is 0.225 e. The Balaban J connectivity index is 3.97. The van der Waals surface area contributed by atoms with Crippen molar-refractivity contribution >= 4 is 23.6 Å². The van der Waals surface area contributed by atoms with Crippen LogP contribution in [0.25, 0.3) is 0 Å². The SMILES string of the molecule is CSC(CO)C(C)NC(=O)CCNC(=O)C(C)(C)C. The van der Waals surface area contributed by atoms with Gasteiger partial charge in [-0.1, -0.05) is 20.8 Å². The molecule has 0 spiro atoms. The minimum atomic E-state index is -0.440. The Morgan fingerprint density at radius 2 is 1.89 bits per heavy atom. The molecule has 0 aliphatic rings. The molecule has 3 N–H and O–H groups in total. The normalized spacial score (nSPS) is 14.6. The molecule has 0 radical (unpaired) electrons. The van der Waals surface area contributed by atoms with Crippen molar-refractivity contribution in [1.29, 1.82) is 0 Å². The fourth-order valence-electron chi connectivity index (χ4n) is 1.41. The molecule has 0 bridgehead atoms. The van der Waals surface area contributed by atoms with Crippen molar-refractivity contribution in [2.24, 2.45) is 5.41 Å². The molecule has 0 rings (SSSR count). The van der Waals surface area contributed by atoms with Crippen molar-refractivity contribution in [2.75, 3.05) is 19.4 Å². The van der Waals surface area contributed by atoms with Gasteiger partial charge in [-0.15, -0.1) is 0 Å². The zero-order valence-electron chi connectivity index (χ0n) is 12.4. The second-order valence-corrected chi connectivity index (χ2v) is 6.65. The monoisotopic (exact) mass is 290 g/mol. The Morgan fingerprint density at radius 3 is 2.32 bits per heavy atom. The van der Waals surface area contributed by atoms with E-state index in [2.05, 4.69) is 10.6 Å². The molecule has 0 aliphatic carbocycles. The number of amides is 2. The molecule has 0 aliphatic heterocycles. The van der Waals surface area contributed by atoms with E-state index in [9.17, 15) is 9.59 Å². The third-order valence-electron chi connectivity index (χ3n) is 2.75. The third kappa shape index (κ3) is 7.42. The van der Waals surface area contributed by atoms with Gasteiger partial charge in [-0.25, -0.2) is 0 Å². The summed E-state index contributed by atoms with van der Waals surface area (Å²) in [6.07, 6.45) is 2.14. The lowest BCUT2D eigenvalue weighted by atomic mass is 9.96. The molecule has 112 valence electrons. The van der Waals surface area contributed by atoms with E-state index in [1.54, 1.807) is 0 Å². The van der Waals surface area contributed by atoms with E-state index in [1.165, 1.54) is 11.8 Å². The predicted octanol–water partition coefficient (Wildman–Crippen LogP) is 0.767. The second kappa shape index (κ2) is 8.43. The summed E-state index contributed by atoms with van der Waals surface area (Å²) >= 11 is 1.52. The molecule has 6 heteroatoms. The van der Waals surface area contributed by atoms with Gasteiger partial charge in [-0.3, -0.25) is 9.59 Å². The molecule has 0 saturated heterocycles. The molecular weight excluding hydrogens is 264 g/mol. The van der Waals surface area contributed by atoms with E-state index in [0.717, 1.165) is 0 Å². The van der Waals surface area contributed by atoms with E-state index < -0.39 is 5.41 Å². The summed E-state index contributed by atoms with van der Waals surface area (Å²) in [5.74, 6) is -0.181. The lowest BCUT2D eigenvalue weighted by molar-refractivity contribution is -0.128. The highest BCUT2D eigenvalue weighted by Crippen LogP contribution is 2.12. The number of hydrogen-bond donors (Lipinski definition) is 3. The summed E-state index contributed by atoms with van der Waals surface area (Å²) in [7, 11) is 0. The average molecular weight is 290 g/mol. The van der Waals surface area contributed by atoms with Gasteiger partial charge in [0.1, 0.15) is 0 Å². The molecule has 0 aromatic heterocycles. The molecule has 2 atom stereocenters. The van der Waals surface area contributed by atoms with E-state index >= 15 is 0 Å². The standard InChI is InChI=1S/C13H26N2O3S/c1-9(10(8-16)19-5)15-11(17)6-7-14-12(18)13(2,3)4/h9-10,16H,6-8H2,1-5H3,(H,14,18)(H,15,17). The molecule has 0 saturated carbocycles. The molecular formula is C13H26N2O3S. The summed E-state index contributed by atoms with van der Waals surface area (Å²) in [5, 5.41) is 14.7. The maximum absolute atomic E-state index is 11.7. The minimum Gasteiger partial charge on any atom is -0.395 e. The lowest BCUT2D eigenvalue weighted by Gasteiger charge is -2.21. The fourth-order valence-corrected chi connectivity index (χ4v) is 2.04. The van der Waals surface area contributed by atoms with Crippen molar-refractivity contribution in [3.63, 3.8) is 0 Å². The summed E-state index contributed by atoms with van der Waals surface area (Å²) in [6.45, 7) is 7.71. The zero-order valence-corrected chi connectivity index (χ0v) is 13.3. The van der Waals surface area contributed by atoms with Crippen molar-refractivity contribution in [1.82, 2.24) is 10.6 Å². The first-order valence-electron chi connectivity index (χ1n) is 6.43. The zero-order chi connectivity index (χ0) is 15.1. The van der Waals surface area contributed by atoms with Crippen LogP contribution in [0.1, 0.15) is 34.1 Å². The van der Waals surface area contributed by atoms with Crippen molar-refractivity contribution < 1.29 is 14.7 Å². The molecule has 0 aromatic carbocycles. The van der Waals surface area contributed by atoms with Crippen LogP contribution in [0.15, 0.2) is 0 Å². The molecule has 2 amide bonds. The minimum absolute atomic E-state index is 0.00637. The fraction of sp³-hybridized carbons (Fsp3) is 0.846. The molecule has 0 aromatic rings. The highest BCUT2D eigenvalue weighted by molar-refractivity contribution is 7.99. The molecule has 0 heterocycles. The Labute approximate surface area is 119 Å². The Bertz CT molecular complexity index is 299. The Morgan fingerprint density at radius 1 is 1.32 bits per heavy atom. The van der Waals surface area contributed by atoms with Crippen LogP contribution in [0.2, 0.25) is 0 Å². The van der Waals surface area contributed by atoms with E-state index in [-0.39, 0.29) is 36.1 Å². The third-order valence-corrected chi connectivity index (χ3v) is 3.91. The quantitative estimate of drug-likeness (QED) is 0.647. The summed E-state index contributed by atoms with van der Waals surface area (Å²) < 4.78 is 0. The van der Waals surface area contributed by atoms with Crippen LogP contribution < -0.4 is 10.6 Å². The topological polar surface area (TPSA) is 78.4 Å². The van der Waals surface area contributed by atoms with Crippen LogP contribution >= 0.6 is 11.8 Å². The number of hydrogen-bond acceptors (Lipinski definition) is 4. The van der Waals surface area contributed by atoms with Crippen molar-refractivity contribution in [3.8, 4) is 0 Å². The van der Waals surface area contributed by atoms with Gasteiger partial charge in [-0.2, -0.15) is 11.8 Å². The van der Waals surface area contributed by atoms with Crippen LogP contribution in [0.4, 0.5) is 0 Å². The molecule has 5 nitrogen and oxygen atoms in total. The maximum atomic E-state index is 11.7. The van der Waals surface area contributed by atoms with Gasteiger partial charge < -0.3 is 15.7 Å². The molecule has 19 heavy (non-hydrogen) atoms. The van der Waals surface area contributed by atoms with Crippen molar-refractivity contribution in [2.45, 2.75) is 45.4 Å². The van der Waals surface area contributed by atoms with Crippen LogP contribution in [0.5, 0.6) is 0 Å². The van der Waals surface area contributed by atoms with Gasteiger partial charge in [0.05, 0.1) is 6.61 Å². The Hall–Kier alpha value is -0.750. The number of aliphatic hydroxyl groups excluding tert-OH is 1. The number of carbonyl (C=O) groups excluding carboxylic acids is 2. The van der Waals surface area contributed by atoms with Gasteiger partial charge >= 0.3 is 0 Å². The van der Waals surface area contributed by atoms with Crippen LogP contribution in [-0.4, -0.2) is 47.6 Å². The Kier molecular flexibility index (Phi) is 8.09. The van der Waals surface area contributed by atoms with E-state index in [1.807, 2.05) is 34.0 Å². The first-order valence-corrected chi connectivity index (χ1v) is 7.72. The maximum Gasteiger partial charge on any atom is 0.225 e. The largest absolute Gasteiger partial charge is 0.395 e. The van der Waals surface area contributed by atoms with Gasteiger partial charge in [0, 0.05) is 29.7 Å². The predicted molar refractivity (Wildman–Crippen MR) is 79.1 cm³/mol. The van der Waals surface area contributed by atoms with Crippen molar-refractivity contribution in [3.05, 3.63) is 0 Å². The highest BCUT2D eigenvalue weighted by Gasteiger charge is 2.21. The lowest BCUT2D eigenvalue weighted by Crippen LogP contribution is -2.43. The van der Waals surface area contributed by atoms with E-state index in [4.69, 9.17) is 5.11 Å². The van der Waals surface area contributed by atoms with Gasteiger partial charge in [0.25, 0.3) is 0 Å². The number of nitrogens with one attached hydrogen (secondary N) is 2. The summed E-state index contributed by atoms with van der Waals surface area (Å²) in [6, 6.07) is -0.0918. The van der Waals surface area contributed by atoms with Gasteiger partial charge in [-0.05, 0) is 13.2 Å². The van der Waals surface area contributed by atoms with E-state index in [0.29, 0.717) is 6.54 Å². The van der Waals surface area contributed by atoms with Gasteiger partial charge in [0.15, 0.2) is 0 Å². The summed E-state index contributed by atoms with van der Waals surface area (Å²) in [5.41, 5.74) is -0.440. The van der Waals surface area contributed by atoms with Crippen LogP contribution in [-0.2, 0) is 9.59 Å². The highest BCUT2D eigenvalue weighted by atomic mass is 32.2. The molecule has 2 unspecified atom stereocenters. The first-order chi connectivity index (χ1) is 8.72. The number of rotatable bonds is 7.